The van der Waals surface area contributed by atoms with Crippen molar-refractivity contribution in [2.45, 2.75) is 0 Å². The van der Waals surface area contributed by atoms with E-state index >= 15 is 0 Å². The Hall–Kier alpha value is -0.880. The van der Waals surface area contributed by atoms with E-state index in [-0.39, 0.29) is 0 Å². The van der Waals surface area contributed by atoms with Gasteiger partial charge in [0.15, 0.2) is 5.82 Å². The van der Waals surface area contributed by atoms with E-state index in [0.717, 1.165) is 14.6 Å². The highest BCUT2D eigenvalue weighted by Gasteiger charge is 2.04. The molecule has 72 valence electrons. The predicted molar refractivity (Wildman–Crippen MR) is 61.2 cm³/mol. The largest absolute Gasteiger partial charge is 0.381 e. The van der Waals surface area contributed by atoms with Gasteiger partial charge in [-0.05, 0) is 34.1 Å². The third-order valence-corrected chi connectivity index (χ3v) is 2.83. The van der Waals surface area contributed by atoms with Gasteiger partial charge in [0.1, 0.15) is 0 Å². The molecule has 2 aromatic rings. The fraction of sp³-hybridized carbons (Fsp3) is 0. The summed E-state index contributed by atoms with van der Waals surface area (Å²) >= 11 is 6.81. The lowest BCUT2D eigenvalue weighted by Crippen LogP contribution is -1.96. The van der Waals surface area contributed by atoms with E-state index in [9.17, 15) is 0 Å². The van der Waals surface area contributed by atoms with Crippen LogP contribution in [0.1, 0.15) is 0 Å². The zero-order valence-electron chi connectivity index (χ0n) is 6.98. The fourth-order valence-corrected chi connectivity index (χ4v) is 1.83. The summed E-state index contributed by atoms with van der Waals surface area (Å²) in [5.74, 6) is 0.400. The molecule has 0 spiro atoms. The van der Waals surface area contributed by atoms with Gasteiger partial charge in [-0.1, -0.05) is 21.1 Å². The maximum absolute atomic E-state index is 5.48. The summed E-state index contributed by atoms with van der Waals surface area (Å²) in [4.78, 5) is 0. The molecule has 1 aromatic carbocycles. The Labute approximate surface area is 97.4 Å². The first kappa shape index (κ1) is 9.67. The number of nitrogen functional groups attached to an aromatic ring is 1. The van der Waals surface area contributed by atoms with Gasteiger partial charge in [0.25, 0.3) is 0 Å². The highest BCUT2D eigenvalue weighted by atomic mass is 79.9. The summed E-state index contributed by atoms with van der Waals surface area (Å²) in [7, 11) is 0. The average molecular weight is 318 g/mol. The normalized spacial score (nSPS) is 10.4. The Balaban J connectivity index is 2.55. The monoisotopic (exact) mass is 316 g/mol. The Bertz CT molecular complexity index is 466. The highest BCUT2D eigenvalue weighted by Crippen LogP contribution is 2.24. The minimum atomic E-state index is 0.400. The summed E-state index contributed by atoms with van der Waals surface area (Å²) in [5, 5.41) is 7.60. The van der Waals surface area contributed by atoms with Crippen molar-refractivity contribution in [3.8, 4) is 5.69 Å². The number of anilines is 1. The third kappa shape index (κ3) is 1.80. The molecule has 0 saturated heterocycles. The summed E-state index contributed by atoms with van der Waals surface area (Å²) in [5.41, 5.74) is 6.37. The second-order valence-electron chi connectivity index (χ2n) is 2.68. The molecule has 2 N–H and O–H groups in total. The first-order chi connectivity index (χ1) is 6.66. The van der Waals surface area contributed by atoms with E-state index in [1.807, 2.05) is 18.2 Å². The van der Waals surface area contributed by atoms with Crippen LogP contribution in [0.5, 0.6) is 0 Å². The van der Waals surface area contributed by atoms with Crippen LogP contribution in [0.4, 0.5) is 5.82 Å². The molecule has 0 aliphatic heterocycles. The number of aromatic nitrogens is 3. The van der Waals surface area contributed by atoms with Crippen molar-refractivity contribution < 1.29 is 0 Å². The lowest BCUT2D eigenvalue weighted by Gasteiger charge is -2.03. The molecule has 1 aromatic heterocycles. The van der Waals surface area contributed by atoms with Crippen LogP contribution in [-0.2, 0) is 0 Å². The Kier molecular flexibility index (Phi) is 2.56. The maximum Gasteiger partial charge on any atom is 0.166 e. The molecule has 6 heteroatoms. The van der Waals surface area contributed by atoms with Crippen LogP contribution in [0.3, 0.4) is 0 Å². The Morgan fingerprint density at radius 1 is 1.29 bits per heavy atom. The molecule has 0 amide bonds. The Morgan fingerprint density at radius 2 is 2.07 bits per heavy atom. The minimum Gasteiger partial charge on any atom is -0.381 e. The van der Waals surface area contributed by atoms with E-state index in [1.165, 1.54) is 0 Å². The van der Waals surface area contributed by atoms with Crippen molar-refractivity contribution in [2.75, 3.05) is 5.73 Å². The standard InChI is InChI=1S/C8H6Br2N4/c9-5-1-2-6(10)7(3-5)14-4-8(11)12-13-14/h1-4H,11H2. The summed E-state index contributed by atoms with van der Waals surface area (Å²) in [6.07, 6.45) is 1.66. The molecule has 0 saturated carbocycles. The molecule has 14 heavy (non-hydrogen) atoms. The van der Waals surface area contributed by atoms with Crippen LogP contribution < -0.4 is 5.73 Å². The molecular formula is C8H6Br2N4. The molecule has 0 fully saturated rings. The summed E-state index contributed by atoms with van der Waals surface area (Å²) in [6, 6.07) is 5.79. The van der Waals surface area contributed by atoms with Gasteiger partial charge < -0.3 is 5.73 Å². The zero-order valence-corrected chi connectivity index (χ0v) is 10.2. The molecule has 0 aliphatic rings. The fourth-order valence-electron chi connectivity index (χ4n) is 1.06. The van der Waals surface area contributed by atoms with Crippen molar-refractivity contribution in [3.05, 3.63) is 33.3 Å². The third-order valence-electron chi connectivity index (χ3n) is 1.67. The average Bonchev–Trinajstić information content (AvgIpc) is 2.56. The van der Waals surface area contributed by atoms with Gasteiger partial charge in [-0.2, -0.15) is 0 Å². The van der Waals surface area contributed by atoms with Gasteiger partial charge in [-0.25, -0.2) is 4.68 Å². The lowest BCUT2D eigenvalue weighted by atomic mass is 10.3. The lowest BCUT2D eigenvalue weighted by molar-refractivity contribution is 0.801. The number of nitrogens with zero attached hydrogens (tertiary/aromatic N) is 3. The van der Waals surface area contributed by atoms with Crippen molar-refractivity contribution in [1.29, 1.82) is 0 Å². The van der Waals surface area contributed by atoms with Crippen LogP contribution in [0, 0.1) is 0 Å². The van der Waals surface area contributed by atoms with E-state index in [0.29, 0.717) is 5.82 Å². The van der Waals surface area contributed by atoms with Crippen LogP contribution in [0.2, 0.25) is 0 Å². The van der Waals surface area contributed by atoms with Gasteiger partial charge in [-0.3, -0.25) is 0 Å². The first-order valence-electron chi connectivity index (χ1n) is 3.80. The quantitative estimate of drug-likeness (QED) is 0.878. The summed E-state index contributed by atoms with van der Waals surface area (Å²) in [6.45, 7) is 0. The minimum absolute atomic E-state index is 0.400. The molecular weight excluding hydrogens is 312 g/mol. The summed E-state index contributed by atoms with van der Waals surface area (Å²) < 4.78 is 3.53. The number of rotatable bonds is 1. The van der Waals surface area contributed by atoms with Crippen molar-refractivity contribution in [1.82, 2.24) is 15.0 Å². The van der Waals surface area contributed by atoms with Gasteiger partial charge in [0.05, 0.1) is 11.9 Å². The molecule has 1 heterocycles. The van der Waals surface area contributed by atoms with E-state index in [2.05, 4.69) is 42.2 Å². The van der Waals surface area contributed by atoms with Gasteiger partial charge in [0, 0.05) is 8.95 Å². The molecule has 0 bridgehead atoms. The van der Waals surface area contributed by atoms with Crippen molar-refractivity contribution in [3.63, 3.8) is 0 Å². The number of hydrogen-bond acceptors (Lipinski definition) is 3. The van der Waals surface area contributed by atoms with E-state index < -0.39 is 0 Å². The molecule has 0 aliphatic carbocycles. The second-order valence-corrected chi connectivity index (χ2v) is 4.45. The second kappa shape index (κ2) is 3.70. The van der Waals surface area contributed by atoms with Crippen molar-refractivity contribution in [2.24, 2.45) is 0 Å². The first-order valence-corrected chi connectivity index (χ1v) is 5.38. The van der Waals surface area contributed by atoms with Gasteiger partial charge >= 0.3 is 0 Å². The highest BCUT2D eigenvalue weighted by molar-refractivity contribution is 9.11. The smallest absolute Gasteiger partial charge is 0.166 e. The van der Waals surface area contributed by atoms with Crippen LogP contribution in [0.25, 0.3) is 5.69 Å². The number of benzene rings is 1. The maximum atomic E-state index is 5.48. The molecule has 0 unspecified atom stereocenters. The zero-order chi connectivity index (χ0) is 10.1. The van der Waals surface area contributed by atoms with Crippen molar-refractivity contribution >= 4 is 37.7 Å². The SMILES string of the molecule is Nc1cn(-c2cc(Br)ccc2Br)nn1. The Morgan fingerprint density at radius 3 is 2.71 bits per heavy atom. The molecule has 0 atom stereocenters. The topological polar surface area (TPSA) is 56.7 Å². The van der Waals surface area contributed by atoms with Crippen LogP contribution >= 0.6 is 31.9 Å². The van der Waals surface area contributed by atoms with Gasteiger partial charge in [-0.15, -0.1) is 5.10 Å². The number of hydrogen-bond donors (Lipinski definition) is 1. The van der Waals surface area contributed by atoms with Gasteiger partial charge in [0.2, 0.25) is 0 Å². The number of nitrogens with two attached hydrogens (primary N) is 1. The van der Waals surface area contributed by atoms with Crippen LogP contribution in [0.15, 0.2) is 33.3 Å². The number of halogens is 2. The molecule has 4 nitrogen and oxygen atoms in total. The van der Waals surface area contributed by atoms with E-state index in [4.69, 9.17) is 5.73 Å². The predicted octanol–water partition coefficient (Wildman–Crippen LogP) is 2.37. The molecule has 0 radical (unpaired) electrons. The molecule has 2 rings (SSSR count). The van der Waals surface area contributed by atoms with E-state index in [1.54, 1.807) is 10.9 Å². The van der Waals surface area contributed by atoms with Crippen LogP contribution in [-0.4, -0.2) is 15.0 Å².